The van der Waals surface area contributed by atoms with Gasteiger partial charge in [0.1, 0.15) is 0 Å². The molecule has 0 aromatic heterocycles. The average molecular weight is 350 g/mol. The standard InChI is InChI=1S/C15H12ClN3O5/c1-8-3-4-9(2)11(5-8)17-15(20)10-6-12(18(21)22)14(16)13(7-10)19(23)24/h3-7H,1-2H3,(H,17,20). The Kier molecular flexibility index (Phi) is 4.79. The Hall–Kier alpha value is -3.00. The lowest BCUT2D eigenvalue weighted by molar-refractivity contribution is -0.393. The summed E-state index contributed by atoms with van der Waals surface area (Å²) in [7, 11) is 0. The van der Waals surface area contributed by atoms with Crippen molar-refractivity contribution >= 4 is 34.6 Å². The number of nitrogens with one attached hydrogen (secondary N) is 1. The Labute approximate surface area is 141 Å². The fraction of sp³-hybridized carbons (Fsp3) is 0.133. The fourth-order valence-corrected chi connectivity index (χ4v) is 2.30. The van der Waals surface area contributed by atoms with Crippen LogP contribution in [0.1, 0.15) is 21.5 Å². The molecule has 0 fully saturated rings. The normalized spacial score (nSPS) is 10.3. The van der Waals surface area contributed by atoms with E-state index in [9.17, 15) is 25.0 Å². The summed E-state index contributed by atoms with van der Waals surface area (Å²) in [6.07, 6.45) is 0. The van der Waals surface area contributed by atoms with Crippen LogP contribution in [0.25, 0.3) is 0 Å². The van der Waals surface area contributed by atoms with Crippen LogP contribution < -0.4 is 5.32 Å². The summed E-state index contributed by atoms with van der Waals surface area (Å²) in [5.74, 6) is -0.702. The van der Waals surface area contributed by atoms with E-state index in [0.717, 1.165) is 23.3 Å². The van der Waals surface area contributed by atoms with Gasteiger partial charge in [0.05, 0.1) is 15.4 Å². The molecule has 0 aliphatic heterocycles. The SMILES string of the molecule is Cc1ccc(C)c(NC(=O)c2cc([N+](=O)[O-])c(Cl)c([N+](=O)[O-])c2)c1. The lowest BCUT2D eigenvalue weighted by Crippen LogP contribution is -2.14. The molecule has 24 heavy (non-hydrogen) atoms. The molecule has 1 N–H and O–H groups in total. The third-order valence-corrected chi connectivity index (χ3v) is 3.72. The van der Waals surface area contributed by atoms with Gasteiger partial charge in [-0.3, -0.25) is 25.0 Å². The maximum Gasteiger partial charge on any atom is 0.295 e. The van der Waals surface area contributed by atoms with Crippen LogP contribution in [-0.2, 0) is 0 Å². The number of nitro groups is 2. The van der Waals surface area contributed by atoms with E-state index in [1.54, 1.807) is 19.1 Å². The van der Waals surface area contributed by atoms with Crippen LogP contribution in [0.4, 0.5) is 17.1 Å². The number of rotatable bonds is 4. The number of halogens is 1. The zero-order valence-corrected chi connectivity index (χ0v) is 13.5. The van der Waals surface area contributed by atoms with Gasteiger partial charge in [-0.25, -0.2) is 0 Å². The van der Waals surface area contributed by atoms with E-state index in [-0.39, 0.29) is 5.56 Å². The highest BCUT2D eigenvalue weighted by Crippen LogP contribution is 2.35. The first-order valence-corrected chi connectivity index (χ1v) is 7.09. The molecule has 1 amide bonds. The van der Waals surface area contributed by atoms with Crippen molar-refractivity contribution in [2.45, 2.75) is 13.8 Å². The van der Waals surface area contributed by atoms with Crippen molar-refractivity contribution < 1.29 is 14.6 Å². The molecule has 124 valence electrons. The van der Waals surface area contributed by atoms with Gasteiger partial charge >= 0.3 is 0 Å². The van der Waals surface area contributed by atoms with Crippen LogP contribution in [0.3, 0.4) is 0 Å². The number of aryl methyl sites for hydroxylation is 2. The number of nitrogens with zero attached hydrogens (tertiary/aromatic N) is 2. The smallest absolute Gasteiger partial charge is 0.295 e. The number of carbonyl (C=O) groups excluding carboxylic acids is 1. The van der Waals surface area contributed by atoms with Gasteiger partial charge in [-0.05, 0) is 31.0 Å². The number of carbonyl (C=O) groups is 1. The van der Waals surface area contributed by atoms with Crippen LogP contribution in [0.2, 0.25) is 5.02 Å². The second kappa shape index (κ2) is 6.63. The molecular formula is C15H12ClN3O5. The number of nitro benzene ring substituents is 2. The summed E-state index contributed by atoms with van der Waals surface area (Å²) in [6.45, 7) is 3.62. The Morgan fingerprint density at radius 2 is 1.58 bits per heavy atom. The molecular weight excluding hydrogens is 338 g/mol. The van der Waals surface area contributed by atoms with Gasteiger partial charge in [-0.1, -0.05) is 23.7 Å². The lowest BCUT2D eigenvalue weighted by atomic mass is 10.1. The summed E-state index contributed by atoms with van der Waals surface area (Å²) >= 11 is 5.67. The monoisotopic (exact) mass is 349 g/mol. The summed E-state index contributed by atoms with van der Waals surface area (Å²) in [5.41, 5.74) is 0.587. The van der Waals surface area contributed by atoms with Crippen LogP contribution >= 0.6 is 11.6 Å². The highest BCUT2D eigenvalue weighted by molar-refractivity contribution is 6.35. The molecule has 0 aliphatic carbocycles. The largest absolute Gasteiger partial charge is 0.322 e. The van der Waals surface area contributed by atoms with E-state index < -0.39 is 32.2 Å². The lowest BCUT2D eigenvalue weighted by Gasteiger charge is -2.09. The number of hydrogen-bond acceptors (Lipinski definition) is 5. The fourth-order valence-electron chi connectivity index (χ4n) is 2.06. The molecule has 0 atom stereocenters. The van der Waals surface area contributed by atoms with Gasteiger partial charge in [0, 0.05) is 17.8 Å². The second-order valence-electron chi connectivity index (χ2n) is 5.12. The van der Waals surface area contributed by atoms with Crippen molar-refractivity contribution in [3.63, 3.8) is 0 Å². The zero-order valence-electron chi connectivity index (χ0n) is 12.7. The first-order chi connectivity index (χ1) is 11.2. The van der Waals surface area contributed by atoms with Crippen molar-refractivity contribution in [1.82, 2.24) is 0 Å². The van der Waals surface area contributed by atoms with Crippen LogP contribution in [-0.4, -0.2) is 15.8 Å². The number of anilines is 1. The number of benzene rings is 2. The maximum atomic E-state index is 12.3. The molecule has 0 aliphatic rings. The second-order valence-corrected chi connectivity index (χ2v) is 5.49. The molecule has 0 unspecified atom stereocenters. The molecule has 8 nitrogen and oxygen atoms in total. The molecule has 0 bridgehead atoms. The summed E-state index contributed by atoms with van der Waals surface area (Å²) < 4.78 is 0. The van der Waals surface area contributed by atoms with E-state index in [4.69, 9.17) is 11.6 Å². The van der Waals surface area contributed by atoms with E-state index >= 15 is 0 Å². The molecule has 2 rings (SSSR count). The Balaban J connectivity index is 2.47. The third kappa shape index (κ3) is 3.49. The molecule has 2 aromatic rings. The van der Waals surface area contributed by atoms with Gasteiger partial charge in [-0.15, -0.1) is 0 Å². The van der Waals surface area contributed by atoms with Gasteiger partial charge < -0.3 is 5.32 Å². The molecule has 0 saturated carbocycles. The van der Waals surface area contributed by atoms with Crippen molar-refractivity contribution in [3.05, 3.63) is 72.3 Å². The Bertz CT molecular complexity index is 831. The zero-order chi connectivity index (χ0) is 18.0. The first-order valence-electron chi connectivity index (χ1n) is 6.71. The minimum atomic E-state index is -0.871. The van der Waals surface area contributed by atoms with Crippen molar-refractivity contribution in [2.75, 3.05) is 5.32 Å². The van der Waals surface area contributed by atoms with Crippen LogP contribution in [0, 0.1) is 34.1 Å². The number of amides is 1. The van der Waals surface area contributed by atoms with Gasteiger partial charge in [0.25, 0.3) is 17.3 Å². The van der Waals surface area contributed by atoms with Crippen molar-refractivity contribution in [3.8, 4) is 0 Å². The highest BCUT2D eigenvalue weighted by atomic mass is 35.5. The summed E-state index contributed by atoms with van der Waals surface area (Å²) in [5, 5.41) is 24.0. The van der Waals surface area contributed by atoms with Gasteiger partial charge in [0.15, 0.2) is 5.02 Å². The van der Waals surface area contributed by atoms with Gasteiger partial charge in [0.2, 0.25) is 0 Å². The Morgan fingerprint density at radius 3 is 2.08 bits per heavy atom. The van der Waals surface area contributed by atoms with Gasteiger partial charge in [-0.2, -0.15) is 0 Å². The molecule has 0 saturated heterocycles. The summed E-state index contributed by atoms with van der Waals surface area (Å²) in [4.78, 5) is 32.6. The quantitative estimate of drug-likeness (QED) is 0.660. The van der Waals surface area contributed by atoms with E-state index in [1.807, 2.05) is 13.0 Å². The minimum absolute atomic E-state index is 0.223. The summed E-state index contributed by atoms with van der Waals surface area (Å²) in [6, 6.07) is 7.22. The minimum Gasteiger partial charge on any atom is -0.322 e. The van der Waals surface area contributed by atoms with Crippen LogP contribution in [0.15, 0.2) is 30.3 Å². The molecule has 0 spiro atoms. The molecule has 9 heteroatoms. The van der Waals surface area contributed by atoms with Crippen molar-refractivity contribution in [1.29, 1.82) is 0 Å². The molecule has 2 aromatic carbocycles. The topological polar surface area (TPSA) is 115 Å². The maximum absolute atomic E-state index is 12.3. The Morgan fingerprint density at radius 1 is 1.04 bits per heavy atom. The number of hydrogen-bond donors (Lipinski definition) is 1. The average Bonchev–Trinajstić information content (AvgIpc) is 2.50. The molecule has 0 radical (unpaired) electrons. The van der Waals surface area contributed by atoms with Crippen molar-refractivity contribution in [2.24, 2.45) is 0 Å². The van der Waals surface area contributed by atoms with E-state index in [2.05, 4.69) is 5.32 Å². The first kappa shape index (κ1) is 17.4. The predicted molar refractivity (Wildman–Crippen MR) is 88.6 cm³/mol. The van der Waals surface area contributed by atoms with E-state index in [0.29, 0.717) is 5.69 Å². The molecule has 0 heterocycles. The highest BCUT2D eigenvalue weighted by Gasteiger charge is 2.27. The third-order valence-electron chi connectivity index (χ3n) is 3.33. The predicted octanol–water partition coefficient (Wildman–Crippen LogP) is 4.03. The van der Waals surface area contributed by atoms with E-state index in [1.165, 1.54) is 0 Å². The van der Waals surface area contributed by atoms with Crippen LogP contribution in [0.5, 0.6) is 0 Å².